The van der Waals surface area contributed by atoms with Gasteiger partial charge in [-0.15, -0.1) is 0 Å². The second-order valence-electron chi connectivity index (χ2n) is 5.22. The summed E-state index contributed by atoms with van der Waals surface area (Å²) in [6, 6.07) is 6.48. The maximum atomic E-state index is 5.83. The fourth-order valence-corrected chi connectivity index (χ4v) is 2.51. The van der Waals surface area contributed by atoms with Gasteiger partial charge in [0.2, 0.25) is 0 Å². The molecule has 1 aromatic heterocycles. The average molecular weight is 257 g/mol. The largest absolute Gasteiger partial charge is 0.342 e. The lowest BCUT2D eigenvalue weighted by atomic mass is 10.0. The Labute approximate surface area is 115 Å². The number of nitrogens with one attached hydrogen (secondary N) is 1. The van der Waals surface area contributed by atoms with Crippen LogP contribution in [0.5, 0.6) is 0 Å². The molecule has 1 aromatic carbocycles. The fraction of sp³-hybridized carbons (Fsp3) is 0.438. The highest BCUT2D eigenvalue weighted by atomic mass is 14.9. The highest BCUT2D eigenvalue weighted by Gasteiger charge is 2.13. The van der Waals surface area contributed by atoms with Crippen molar-refractivity contribution in [3.05, 3.63) is 41.3 Å². The number of H-pyrrole nitrogens is 1. The van der Waals surface area contributed by atoms with Crippen molar-refractivity contribution in [3.63, 3.8) is 0 Å². The zero-order valence-corrected chi connectivity index (χ0v) is 12.0. The van der Waals surface area contributed by atoms with Crippen molar-refractivity contribution in [1.82, 2.24) is 9.97 Å². The molecule has 2 aromatic rings. The predicted molar refractivity (Wildman–Crippen MR) is 80.2 cm³/mol. The van der Waals surface area contributed by atoms with E-state index in [1.54, 1.807) is 0 Å². The van der Waals surface area contributed by atoms with Gasteiger partial charge in [-0.1, -0.05) is 37.1 Å². The summed E-state index contributed by atoms with van der Waals surface area (Å²) in [6.45, 7) is 7.07. The molecule has 102 valence electrons. The molecule has 0 radical (unpaired) electrons. The van der Waals surface area contributed by atoms with Gasteiger partial charge in [0.1, 0.15) is 5.82 Å². The molecule has 0 aliphatic heterocycles. The van der Waals surface area contributed by atoms with Crippen LogP contribution in [0, 0.1) is 13.8 Å². The third-order valence-electron chi connectivity index (χ3n) is 3.58. The number of aryl methyl sites for hydroxylation is 2. The minimum Gasteiger partial charge on any atom is -0.342 e. The number of hydrogen-bond acceptors (Lipinski definition) is 2. The van der Waals surface area contributed by atoms with Crippen LogP contribution in [0.25, 0.3) is 11.3 Å². The minimum atomic E-state index is 0.338. The second kappa shape index (κ2) is 6.02. The van der Waals surface area contributed by atoms with E-state index in [9.17, 15) is 0 Å². The summed E-state index contributed by atoms with van der Waals surface area (Å²) in [6.07, 6.45) is 4.13. The SMILES string of the molecule is CCCC(CN)c1ncc(-c2ccc(C)cc2C)[nH]1. The number of nitrogens with two attached hydrogens (primary N) is 1. The Morgan fingerprint density at radius 1 is 1.32 bits per heavy atom. The van der Waals surface area contributed by atoms with E-state index in [0.717, 1.165) is 24.4 Å². The molecule has 1 unspecified atom stereocenters. The molecule has 0 bridgehead atoms. The van der Waals surface area contributed by atoms with E-state index in [-0.39, 0.29) is 0 Å². The summed E-state index contributed by atoms with van der Waals surface area (Å²) in [5.41, 5.74) is 10.7. The standard InChI is InChI=1S/C16H23N3/c1-4-5-13(9-17)16-18-10-15(19-16)14-7-6-11(2)8-12(14)3/h6-8,10,13H,4-5,9,17H2,1-3H3,(H,18,19). The lowest BCUT2D eigenvalue weighted by Gasteiger charge is -2.10. The van der Waals surface area contributed by atoms with E-state index in [2.05, 4.69) is 48.9 Å². The summed E-state index contributed by atoms with van der Waals surface area (Å²) in [5, 5.41) is 0. The van der Waals surface area contributed by atoms with Crippen LogP contribution in [-0.4, -0.2) is 16.5 Å². The first kappa shape index (κ1) is 13.8. The number of imidazole rings is 1. The van der Waals surface area contributed by atoms with E-state index >= 15 is 0 Å². The van der Waals surface area contributed by atoms with Crippen molar-refractivity contribution in [1.29, 1.82) is 0 Å². The molecule has 0 fully saturated rings. The molecule has 0 spiro atoms. The first-order valence-corrected chi connectivity index (χ1v) is 6.98. The van der Waals surface area contributed by atoms with Gasteiger partial charge in [0.25, 0.3) is 0 Å². The van der Waals surface area contributed by atoms with Gasteiger partial charge in [0, 0.05) is 18.0 Å². The van der Waals surface area contributed by atoms with Crippen molar-refractivity contribution >= 4 is 0 Å². The summed E-state index contributed by atoms with van der Waals surface area (Å²) in [7, 11) is 0. The van der Waals surface area contributed by atoms with Crippen molar-refractivity contribution in [2.45, 2.75) is 39.5 Å². The molecule has 3 N–H and O–H groups in total. The zero-order valence-electron chi connectivity index (χ0n) is 12.0. The summed E-state index contributed by atoms with van der Waals surface area (Å²) in [5.74, 6) is 1.35. The maximum Gasteiger partial charge on any atom is 0.110 e. The Morgan fingerprint density at radius 3 is 2.74 bits per heavy atom. The highest BCUT2D eigenvalue weighted by Crippen LogP contribution is 2.25. The van der Waals surface area contributed by atoms with Crippen LogP contribution in [0.15, 0.2) is 24.4 Å². The first-order chi connectivity index (χ1) is 9.15. The van der Waals surface area contributed by atoms with Crippen LogP contribution in [-0.2, 0) is 0 Å². The Bertz CT molecular complexity index is 543. The molecule has 1 heterocycles. The van der Waals surface area contributed by atoms with Crippen molar-refractivity contribution in [2.24, 2.45) is 5.73 Å². The highest BCUT2D eigenvalue weighted by molar-refractivity contribution is 5.63. The molecule has 0 aliphatic carbocycles. The van der Waals surface area contributed by atoms with Gasteiger partial charge >= 0.3 is 0 Å². The Hall–Kier alpha value is -1.61. The van der Waals surface area contributed by atoms with Crippen LogP contribution in [0.3, 0.4) is 0 Å². The van der Waals surface area contributed by atoms with Gasteiger partial charge in [-0.2, -0.15) is 0 Å². The van der Waals surface area contributed by atoms with Gasteiger partial charge in [-0.05, 0) is 25.8 Å². The summed E-state index contributed by atoms with van der Waals surface area (Å²) in [4.78, 5) is 7.94. The molecule has 19 heavy (non-hydrogen) atoms. The fourth-order valence-electron chi connectivity index (χ4n) is 2.51. The smallest absolute Gasteiger partial charge is 0.110 e. The molecule has 0 amide bonds. The molecule has 0 saturated heterocycles. The monoisotopic (exact) mass is 257 g/mol. The number of aromatic amines is 1. The van der Waals surface area contributed by atoms with Crippen LogP contribution in [0.4, 0.5) is 0 Å². The molecule has 0 aliphatic rings. The van der Waals surface area contributed by atoms with Crippen LogP contribution in [0.2, 0.25) is 0 Å². The van der Waals surface area contributed by atoms with Gasteiger partial charge in [-0.25, -0.2) is 4.98 Å². The number of aromatic nitrogens is 2. The molecular formula is C16H23N3. The normalized spacial score (nSPS) is 12.6. The molecule has 0 saturated carbocycles. The molecule has 2 rings (SSSR count). The quantitative estimate of drug-likeness (QED) is 0.860. The van der Waals surface area contributed by atoms with Crippen LogP contribution in [0.1, 0.15) is 42.6 Å². The molecule has 1 atom stereocenters. The van der Waals surface area contributed by atoms with E-state index in [1.807, 2.05) is 6.20 Å². The summed E-state index contributed by atoms with van der Waals surface area (Å²) < 4.78 is 0. The average Bonchev–Trinajstić information content (AvgIpc) is 2.85. The topological polar surface area (TPSA) is 54.7 Å². The number of rotatable bonds is 5. The van der Waals surface area contributed by atoms with Crippen molar-refractivity contribution in [2.75, 3.05) is 6.54 Å². The van der Waals surface area contributed by atoms with Gasteiger partial charge in [-0.3, -0.25) is 0 Å². The lowest BCUT2D eigenvalue weighted by Crippen LogP contribution is -2.13. The zero-order chi connectivity index (χ0) is 13.8. The Balaban J connectivity index is 2.29. The predicted octanol–water partition coefficient (Wildman–Crippen LogP) is 3.54. The van der Waals surface area contributed by atoms with Gasteiger partial charge in [0.15, 0.2) is 0 Å². The van der Waals surface area contributed by atoms with Crippen LogP contribution >= 0.6 is 0 Å². The van der Waals surface area contributed by atoms with Crippen LogP contribution < -0.4 is 5.73 Å². The molecule has 3 nitrogen and oxygen atoms in total. The number of hydrogen-bond donors (Lipinski definition) is 2. The minimum absolute atomic E-state index is 0.338. The Kier molecular flexibility index (Phi) is 4.38. The maximum absolute atomic E-state index is 5.83. The molecule has 3 heteroatoms. The number of nitrogens with zero attached hydrogens (tertiary/aromatic N) is 1. The first-order valence-electron chi connectivity index (χ1n) is 6.98. The van der Waals surface area contributed by atoms with Gasteiger partial charge < -0.3 is 10.7 Å². The third kappa shape index (κ3) is 3.04. The van der Waals surface area contributed by atoms with E-state index in [4.69, 9.17) is 5.73 Å². The molecular weight excluding hydrogens is 234 g/mol. The van der Waals surface area contributed by atoms with Crippen molar-refractivity contribution < 1.29 is 0 Å². The van der Waals surface area contributed by atoms with E-state index in [0.29, 0.717) is 12.5 Å². The number of benzene rings is 1. The second-order valence-corrected chi connectivity index (χ2v) is 5.22. The van der Waals surface area contributed by atoms with E-state index < -0.39 is 0 Å². The Morgan fingerprint density at radius 2 is 2.11 bits per heavy atom. The van der Waals surface area contributed by atoms with Gasteiger partial charge in [0.05, 0.1) is 11.9 Å². The van der Waals surface area contributed by atoms with E-state index in [1.165, 1.54) is 16.7 Å². The summed E-state index contributed by atoms with van der Waals surface area (Å²) >= 11 is 0. The third-order valence-corrected chi connectivity index (χ3v) is 3.58. The lowest BCUT2D eigenvalue weighted by molar-refractivity contribution is 0.595. The van der Waals surface area contributed by atoms with Crippen molar-refractivity contribution in [3.8, 4) is 11.3 Å².